The van der Waals surface area contributed by atoms with Gasteiger partial charge in [-0.2, -0.15) is 0 Å². The predicted molar refractivity (Wildman–Crippen MR) is 216 cm³/mol. The molecule has 0 saturated carbocycles. The van der Waals surface area contributed by atoms with E-state index in [0.717, 1.165) is 0 Å². The summed E-state index contributed by atoms with van der Waals surface area (Å²) in [5.41, 5.74) is 10.0. The molecule has 0 aliphatic carbocycles. The van der Waals surface area contributed by atoms with E-state index >= 15 is 0 Å². The van der Waals surface area contributed by atoms with Gasteiger partial charge < -0.3 is 0 Å². The van der Waals surface area contributed by atoms with Gasteiger partial charge in [0.1, 0.15) is 0 Å². The molecule has 0 radical (unpaired) electrons. The summed E-state index contributed by atoms with van der Waals surface area (Å²) in [7, 11) is 0. The smallest absolute Gasteiger partial charge is 0.00923 e. The van der Waals surface area contributed by atoms with Gasteiger partial charge in [0.2, 0.25) is 0 Å². The first-order valence-electron chi connectivity index (χ1n) is 17.3. The van der Waals surface area contributed by atoms with Gasteiger partial charge in [-0.05, 0) is 123 Å². The molecule has 0 aliphatic rings. The van der Waals surface area contributed by atoms with Crippen LogP contribution in [0.2, 0.25) is 0 Å². The Bertz CT molecular complexity index is 2700. The third-order valence-electron chi connectivity index (χ3n) is 10.4. The minimum Gasteiger partial charge on any atom is -0.0622 e. The lowest BCUT2D eigenvalue weighted by Gasteiger charge is -2.18. The van der Waals surface area contributed by atoms with Gasteiger partial charge >= 0.3 is 0 Å². The van der Waals surface area contributed by atoms with Gasteiger partial charge in [0, 0.05) is 0 Å². The fourth-order valence-corrected chi connectivity index (χ4v) is 8.05. The topological polar surface area (TPSA) is 0 Å². The van der Waals surface area contributed by atoms with Crippen molar-refractivity contribution in [2.45, 2.75) is 0 Å². The second-order valence-electron chi connectivity index (χ2n) is 13.2. The van der Waals surface area contributed by atoms with Crippen LogP contribution in [0.3, 0.4) is 0 Å². The van der Waals surface area contributed by atoms with Crippen molar-refractivity contribution in [3.63, 3.8) is 0 Å². The maximum absolute atomic E-state index is 2.44. The summed E-state index contributed by atoms with van der Waals surface area (Å²) in [6.45, 7) is 0. The molecule has 0 unspecified atom stereocenters. The van der Waals surface area contributed by atoms with Crippen LogP contribution in [0.1, 0.15) is 0 Å². The third-order valence-corrected chi connectivity index (χ3v) is 10.4. The zero-order valence-corrected chi connectivity index (χ0v) is 27.5. The second kappa shape index (κ2) is 11.6. The summed E-state index contributed by atoms with van der Waals surface area (Å²) in [5, 5.41) is 12.7. The Morgan fingerprint density at radius 2 is 0.580 bits per heavy atom. The van der Waals surface area contributed by atoms with Crippen LogP contribution in [0.4, 0.5) is 0 Å². The monoisotopic (exact) mass is 632 g/mol. The Morgan fingerprint density at radius 3 is 1.02 bits per heavy atom. The molecule has 0 heteroatoms. The number of benzene rings is 10. The van der Waals surface area contributed by atoms with E-state index in [1.165, 1.54) is 98.4 Å². The number of hydrogen-bond acceptors (Lipinski definition) is 0. The summed E-state index contributed by atoms with van der Waals surface area (Å²) < 4.78 is 0. The van der Waals surface area contributed by atoms with Crippen molar-refractivity contribution in [3.8, 4) is 44.5 Å². The summed E-state index contributed by atoms with van der Waals surface area (Å²) in [6.07, 6.45) is 0. The molecule has 0 fully saturated rings. The average molecular weight is 633 g/mol. The zero-order valence-electron chi connectivity index (χ0n) is 27.5. The molecule has 0 bridgehead atoms. The van der Waals surface area contributed by atoms with Crippen molar-refractivity contribution in [3.05, 3.63) is 194 Å². The van der Waals surface area contributed by atoms with Crippen LogP contribution in [0.5, 0.6) is 0 Å². The van der Waals surface area contributed by atoms with E-state index in [-0.39, 0.29) is 0 Å². The number of hydrogen-bond donors (Lipinski definition) is 0. The first-order valence-corrected chi connectivity index (χ1v) is 17.3. The number of rotatable bonds is 4. The lowest BCUT2D eigenvalue weighted by atomic mass is 9.85. The minimum absolute atomic E-state index is 1.24. The molecule has 0 N–H and O–H groups in total. The molecule has 232 valence electrons. The lowest BCUT2D eigenvalue weighted by Crippen LogP contribution is -1.90. The molecule has 0 aromatic heterocycles. The van der Waals surface area contributed by atoms with Gasteiger partial charge in [-0.1, -0.05) is 170 Å². The Morgan fingerprint density at radius 1 is 0.180 bits per heavy atom. The molecule has 0 aliphatic heterocycles. The Balaban J connectivity index is 1.21. The molecule has 10 aromatic rings. The summed E-state index contributed by atoms with van der Waals surface area (Å²) in [4.78, 5) is 0. The highest BCUT2D eigenvalue weighted by molar-refractivity contribution is 6.25. The average Bonchev–Trinajstić information content (AvgIpc) is 3.20. The maximum atomic E-state index is 2.44. The molecule has 10 aromatic carbocycles. The molecular formula is C50H32. The van der Waals surface area contributed by atoms with Gasteiger partial charge in [0.15, 0.2) is 0 Å². The lowest BCUT2D eigenvalue weighted by molar-refractivity contribution is 1.64. The largest absolute Gasteiger partial charge is 0.0622 e. The molecule has 50 heavy (non-hydrogen) atoms. The highest BCUT2D eigenvalue weighted by Gasteiger charge is 2.17. The molecule has 0 amide bonds. The van der Waals surface area contributed by atoms with E-state index in [0.29, 0.717) is 0 Å². The molecular weight excluding hydrogens is 601 g/mol. The van der Waals surface area contributed by atoms with Crippen LogP contribution < -0.4 is 0 Å². The molecule has 0 spiro atoms. The van der Waals surface area contributed by atoms with E-state index in [4.69, 9.17) is 0 Å². The highest BCUT2D eigenvalue weighted by atomic mass is 14.2. The molecule has 0 nitrogen and oxygen atoms in total. The zero-order chi connectivity index (χ0) is 33.0. The summed E-state index contributed by atoms with van der Waals surface area (Å²) >= 11 is 0. The van der Waals surface area contributed by atoms with Crippen molar-refractivity contribution in [1.82, 2.24) is 0 Å². The molecule has 10 rings (SSSR count). The third kappa shape index (κ3) is 4.61. The van der Waals surface area contributed by atoms with E-state index in [1.807, 2.05) is 0 Å². The van der Waals surface area contributed by atoms with Crippen LogP contribution >= 0.6 is 0 Å². The summed E-state index contributed by atoms with van der Waals surface area (Å²) in [5.74, 6) is 0. The fourth-order valence-electron chi connectivity index (χ4n) is 8.05. The standard InChI is InChI=1S/C50H32/c1-3-13-33(14-4-1)35-25-27-39-37(29-35)17-11-23-41(39)47-31-49-46-22-10-8-20-44(46)48(32-50(49)45-21-9-7-19-43(45)47)42-24-12-18-38-30-36(26-28-40(38)42)34-15-5-2-6-16-34/h1-32H. The quantitative estimate of drug-likeness (QED) is 0.169. The highest BCUT2D eigenvalue weighted by Crippen LogP contribution is 2.44. The van der Waals surface area contributed by atoms with Crippen molar-refractivity contribution in [1.29, 1.82) is 0 Å². The minimum atomic E-state index is 1.24. The van der Waals surface area contributed by atoms with E-state index in [9.17, 15) is 0 Å². The van der Waals surface area contributed by atoms with Crippen LogP contribution in [0.15, 0.2) is 194 Å². The normalized spacial score (nSPS) is 11.6. The fraction of sp³-hybridized carbons (Fsp3) is 0. The molecule has 0 heterocycles. The van der Waals surface area contributed by atoms with Gasteiger partial charge in [-0.3, -0.25) is 0 Å². The van der Waals surface area contributed by atoms with E-state index < -0.39 is 0 Å². The first-order chi connectivity index (χ1) is 24.8. The van der Waals surface area contributed by atoms with Crippen LogP contribution in [0.25, 0.3) is 98.4 Å². The van der Waals surface area contributed by atoms with Crippen molar-refractivity contribution in [2.24, 2.45) is 0 Å². The Hall–Kier alpha value is -6.50. The maximum Gasteiger partial charge on any atom is -0.00923 e. The van der Waals surface area contributed by atoms with Crippen molar-refractivity contribution in [2.75, 3.05) is 0 Å². The summed E-state index contributed by atoms with van der Waals surface area (Å²) in [6, 6.07) is 71.3. The predicted octanol–water partition coefficient (Wildman–Crippen LogP) is 14.1. The van der Waals surface area contributed by atoms with Gasteiger partial charge in [0.25, 0.3) is 0 Å². The number of fused-ring (bicyclic) bond motifs is 7. The van der Waals surface area contributed by atoms with Crippen LogP contribution in [0, 0.1) is 0 Å². The van der Waals surface area contributed by atoms with Gasteiger partial charge in [-0.25, -0.2) is 0 Å². The Labute approximate surface area is 291 Å². The molecule has 0 atom stereocenters. The van der Waals surface area contributed by atoms with Crippen LogP contribution in [-0.2, 0) is 0 Å². The SMILES string of the molecule is c1ccc(-c2ccc3c(-c4cc5c6ccccc6c(-c6cccc7cc(-c8ccccc8)ccc67)cc5c5ccccc45)cccc3c2)cc1. The van der Waals surface area contributed by atoms with Gasteiger partial charge in [-0.15, -0.1) is 0 Å². The van der Waals surface area contributed by atoms with Gasteiger partial charge in [0.05, 0.1) is 0 Å². The molecule has 0 saturated heterocycles. The first kappa shape index (κ1) is 28.5. The van der Waals surface area contributed by atoms with Crippen molar-refractivity contribution >= 4 is 53.9 Å². The van der Waals surface area contributed by atoms with Crippen molar-refractivity contribution < 1.29 is 0 Å². The Kier molecular flexibility index (Phi) is 6.60. The second-order valence-corrected chi connectivity index (χ2v) is 13.2. The van der Waals surface area contributed by atoms with E-state index in [1.54, 1.807) is 0 Å². The van der Waals surface area contributed by atoms with Crippen LogP contribution in [-0.4, -0.2) is 0 Å². The van der Waals surface area contributed by atoms with E-state index in [2.05, 4.69) is 194 Å².